The van der Waals surface area contributed by atoms with Crippen LogP contribution in [0.25, 0.3) is 10.9 Å². The number of amides is 1. The maximum Gasteiger partial charge on any atom is 0.261 e. The molecule has 0 N–H and O–H groups in total. The van der Waals surface area contributed by atoms with Gasteiger partial charge in [0, 0.05) is 50.9 Å². The molecule has 0 atom stereocenters. The summed E-state index contributed by atoms with van der Waals surface area (Å²) in [7, 11) is 1.80. The van der Waals surface area contributed by atoms with E-state index in [1.165, 1.54) is 5.69 Å². The number of morpholine rings is 1. The van der Waals surface area contributed by atoms with Crippen molar-refractivity contribution >= 4 is 22.5 Å². The molecule has 1 aromatic heterocycles. The Morgan fingerprint density at radius 2 is 1.87 bits per heavy atom. The lowest BCUT2D eigenvalue weighted by Gasteiger charge is -2.29. The molecule has 3 heterocycles. The van der Waals surface area contributed by atoms with Crippen molar-refractivity contribution in [3.63, 3.8) is 0 Å². The molecule has 2 aliphatic heterocycles. The normalized spacial score (nSPS) is 15.8. The van der Waals surface area contributed by atoms with E-state index in [0.717, 1.165) is 57.1 Å². The molecule has 7 nitrogen and oxygen atoms in total. The number of ether oxygens (including phenoxy) is 1. The molecule has 7 heteroatoms. The summed E-state index contributed by atoms with van der Waals surface area (Å²) in [6, 6.07) is 13.6. The molecule has 1 saturated heterocycles. The number of aromatic nitrogens is 2. The number of carbonyl (C=O) groups is 1. The Kier molecular flexibility index (Phi) is 5.19. The second-order valence-corrected chi connectivity index (χ2v) is 8.25. The Balaban J connectivity index is 1.32. The van der Waals surface area contributed by atoms with Crippen LogP contribution in [-0.2, 0) is 24.2 Å². The summed E-state index contributed by atoms with van der Waals surface area (Å²) in [5.41, 5.74) is 3.40. The Morgan fingerprint density at radius 1 is 1.10 bits per heavy atom. The molecule has 3 aromatic rings. The van der Waals surface area contributed by atoms with Crippen molar-refractivity contribution < 1.29 is 9.53 Å². The minimum Gasteiger partial charge on any atom is -0.378 e. The largest absolute Gasteiger partial charge is 0.378 e. The molecular weight excluding hydrogens is 392 g/mol. The highest BCUT2D eigenvalue weighted by Crippen LogP contribution is 2.19. The van der Waals surface area contributed by atoms with E-state index >= 15 is 0 Å². The molecule has 0 bridgehead atoms. The van der Waals surface area contributed by atoms with Crippen LogP contribution < -0.4 is 10.5 Å². The number of aryl methyl sites for hydroxylation is 1. The fraction of sp³-hybridized carbons (Fsp3) is 0.375. The van der Waals surface area contributed by atoms with Crippen LogP contribution in [0.1, 0.15) is 28.2 Å². The molecule has 31 heavy (non-hydrogen) atoms. The van der Waals surface area contributed by atoms with E-state index < -0.39 is 0 Å². The molecule has 2 aromatic carbocycles. The Hall–Kier alpha value is -3.19. The van der Waals surface area contributed by atoms with Gasteiger partial charge in [0.05, 0.1) is 24.1 Å². The van der Waals surface area contributed by atoms with Crippen molar-refractivity contribution in [1.82, 2.24) is 14.5 Å². The lowest BCUT2D eigenvalue weighted by molar-refractivity contribution is 0.0785. The second-order valence-electron chi connectivity index (χ2n) is 8.25. The van der Waals surface area contributed by atoms with Crippen LogP contribution in [0.4, 0.5) is 5.69 Å². The van der Waals surface area contributed by atoms with Crippen molar-refractivity contribution in [2.75, 3.05) is 38.3 Å². The molecular formula is C24H26N4O3. The second kappa shape index (κ2) is 8.15. The van der Waals surface area contributed by atoms with Crippen LogP contribution in [0.2, 0.25) is 0 Å². The summed E-state index contributed by atoms with van der Waals surface area (Å²) in [5, 5.41) is 0.573. The predicted octanol–water partition coefficient (Wildman–Crippen LogP) is 2.45. The SMILES string of the molecule is CN(Cc1ccc(N2CCOCC2)cc1)C(=O)c1ccc2c(=O)n3c(nc2c1)CCC3. The average Bonchev–Trinajstić information content (AvgIpc) is 3.28. The zero-order chi connectivity index (χ0) is 21.4. The molecule has 0 aliphatic carbocycles. The summed E-state index contributed by atoms with van der Waals surface area (Å²) >= 11 is 0. The number of carbonyl (C=O) groups excluding carboxylic acids is 1. The van der Waals surface area contributed by atoms with Crippen LogP contribution in [0, 0.1) is 0 Å². The molecule has 160 valence electrons. The van der Waals surface area contributed by atoms with Crippen LogP contribution in [-0.4, -0.2) is 53.7 Å². The van der Waals surface area contributed by atoms with Crippen LogP contribution in [0.15, 0.2) is 47.3 Å². The van der Waals surface area contributed by atoms with Gasteiger partial charge in [-0.05, 0) is 42.3 Å². The number of nitrogens with zero attached hydrogens (tertiary/aromatic N) is 4. The Morgan fingerprint density at radius 3 is 2.65 bits per heavy atom. The first kappa shape index (κ1) is 19.8. The van der Waals surface area contributed by atoms with Crippen LogP contribution >= 0.6 is 0 Å². The predicted molar refractivity (Wildman–Crippen MR) is 120 cm³/mol. The lowest BCUT2D eigenvalue weighted by Crippen LogP contribution is -2.36. The van der Waals surface area contributed by atoms with Crippen molar-refractivity contribution in [2.45, 2.75) is 25.9 Å². The number of fused-ring (bicyclic) bond motifs is 2. The van der Waals surface area contributed by atoms with Gasteiger partial charge in [0.1, 0.15) is 5.82 Å². The first-order valence-electron chi connectivity index (χ1n) is 10.8. The standard InChI is InChI=1S/C24H26N4O3/c1-26(16-17-4-7-19(8-5-17)27-11-13-31-14-12-27)23(29)18-6-9-20-21(15-18)25-22-3-2-10-28(22)24(20)30/h4-9,15H,2-3,10-14,16H2,1H3. The van der Waals surface area contributed by atoms with Gasteiger partial charge in [-0.2, -0.15) is 0 Å². The summed E-state index contributed by atoms with van der Waals surface area (Å²) in [6.45, 7) is 4.57. The highest BCUT2D eigenvalue weighted by molar-refractivity contribution is 5.97. The van der Waals surface area contributed by atoms with Gasteiger partial charge in [-0.15, -0.1) is 0 Å². The maximum atomic E-state index is 13.0. The maximum absolute atomic E-state index is 13.0. The minimum absolute atomic E-state index is 0.00906. The van der Waals surface area contributed by atoms with E-state index in [1.807, 2.05) is 0 Å². The van der Waals surface area contributed by atoms with E-state index in [1.54, 1.807) is 34.7 Å². The molecule has 0 unspecified atom stereocenters. The number of anilines is 1. The van der Waals surface area contributed by atoms with Gasteiger partial charge in [0.25, 0.3) is 11.5 Å². The highest BCUT2D eigenvalue weighted by Gasteiger charge is 2.18. The van der Waals surface area contributed by atoms with Gasteiger partial charge in [-0.3, -0.25) is 14.2 Å². The number of benzene rings is 2. The van der Waals surface area contributed by atoms with Crippen LogP contribution in [0.3, 0.4) is 0 Å². The minimum atomic E-state index is -0.0819. The van der Waals surface area contributed by atoms with Crippen LogP contribution in [0.5, 0.6) is 0 Å². The third-order valence-corrected chi connectivity index (χ3v) is 6.14. The summed E-state index contributed by atoms with van der Waals surface area (Å²) in [6.07, 6.45) is 1.75. The summed E-state index contributed by atoms with van der Waals surface area (Å²) in [5.74, 6) is 0.734. The monoisotopic (exact) mass is 418 g/mol. The van der Waals surface area contributed by atoms with Crippen molar-refractivity contribution in [2.24, 2.45) is 0 Å². The van der Waals surface area contributed by atoms with Crippen molar-refractivity contribution in [3.05, 3.63) is 69.8 Å². The lowest BCUT2D eigenvalue weighted by atomic mass is 10.1. The third-order valence-electron chi connectivity index (χ3n) is 6.14. The average molecular weight is 418 g/mol. The smallest absolute Gasteiger partial charge is 0.261 e. The molecule has 1 fully saturated rings. The van der Waals surface area contributed by atoms with Gasteiger partial charge in [-0.25, -0.2) is 4.98 Å². The molecule has 0 spiro atoms. The molecule has 0 radical (unpaired) electrons. The van der Waals surface area contributed by atoms with E-state index in [0.29, 0.717) is 23.0 Å². The fourth-order valence-electron chi connectivity index (χ4n) is 4.42. The third kappa shape index (κ3) is 3.81. The van der Waals surface area contributed by atoms with Gasteiger partial charge >= 0.3 is 0 Å². The highest BCUT2D eigenvalue weighted by atomic mass is 16.5. The van der Waals surface area contributed by atoms with Crippen molar-refractivity contribution in [1.29, 1.82) is 0 Å². The first-order chi connectivity index (χ1) is 15.1. The quantitative estimate of drug-likeness (QED) is 0.651. The zero-order valence-electron chi connectivity index (χ0n) is 17.7. The van der Waals surface area contributed by atoms with Gasteiger partial charge in [0.2, 0.25) is 0 Å². The van der Waals surface area contributed by atoms with E-state index in [4.69, 9.17) is 4.74 Å². The summed E-state index contributed by atoms with van der Waals surface area (Å²) < 4.78 is 7.16. The Bertz CT molecular complexity index is 1180. The van der Waals surface area contributed by atoms with E-state index in [-0.39, 0.29) is 11.5 Å². The van der Waals surface area contributed by atoms with E-state index in [9.17, 15) is 9.59 Å². The number of hydrogen-bond donors (Lipinski definition) is 0. The number of hydrogen-bond acceptors (Lipinski definition) is 5. The Labute approximate surface area is 180 Å². The molecule has 1 amide bonds. The zero-order valence-corrected chi connectivity index (χ0v) is 17.7. The van der Waals surface area contributed by atoms with Gasteiger partial charge in [0.15, 0.2) is 0 Å². The molecule has 0 saturated carbocycles. The van der Waals surface area contributed by atoms with Gasteiger partial charge < -0.3 is 14.5 Å². The van der Waals surface area contributed by atoms with E-state index in [2.05, 4.69) is 34.1 Å². The molecule has 5 rings (SSSR count). The fourth-order valence-corrected chi connectivity index (χ4v) is 4.42. The molecule has 2 aliphatic rings. The number of rotatable bonds is 4. The first-order valence-corrected chi connectivity index (χ1v) is 10.8. The topological polar surface area (TPSA) is 67.7 Å². The van der Waals surface area contributed by atoms with Crippen molar-refractivity contribution in [3.8, 4) is 0 Å². The summed E-state index contributed by atoms with van der Waals surface area (Å²) in [4.78, 5) is 34.3. The van der Waals surface area contributed by atoms with Gasteiger partial charge in [-0.1, -0.05) is 12.1 Å².